The number of rotatable bonds is 10. The first-order chi connectivity index (χ1) is 16.2. The molecule has 1 aromatic heterocycles. The van der Waals surface area contributed by atoms with Gasteiger partial charge in [0, 0.05) is 34.0 Å². The largest absolute Gasteiger partial charge is 0.496 e. The van der Waals surface area contributed by atoms with E-state index in [4.69, 9.17) is 21.1 Å². The lowest BCUT2D eigenvalue weighted by Gasteiger charge is -2.18. The highest BCUT2D eigenvalue weighted by Gasteiger charge is 2.21. The molecule has 1 atom stereocenters. The molecule has 0 aliphatic rings. The topological polar surface area (TPSA) is 97.8 Å². The molecular weight excluding hydrogens is 476 g/mol. The van der Waals surface area contributed by atoms with E-state index in [2.05, 4.69) is 10.3 Å². The maximum Gasteiger partial charge on any atom is 0.333 e. The van der Waals surface area contributed by atoms with Gasteiger partial charge in [-0.3, -0.25) is 4.79 Å². The van der Waals surface area contributed by atoms with Crippen LogP contribution in [0.2, 0.25) is 5.02 Å². The Morgan fingerprint density at radius 3 is 2.50 bits per heavy atom. The fraction of sp³-hybridized carbons (Fsp3) is 0.320. The molecule has 0 radical (unpaired) electrons. The van der Waals surface area contributed by atoms with Gasteiger partial charge in [-0.2, -0.15) is 0 Å². The van der Waals surface area contributed by atoms with Gasteiger partial charge in [0.15, 0.2) is 6.10 Å². The van der Waals surface area contributed by atoms with Crippen molar-refractivity contribution in [1.82, 2.24) is 10.3 Å². The monoisotopic (exact) mass is 502 g/mol. The number of carboxylic acid groups (broad SMARTS) is 1. The van der Waals surface area contributed by atoms with Crippen LogP contribution < -0.4 is 10.1 Å². The number of aryl methyl sites for hydroxylation is 1. The fourth-order valence-corrected chi connectivity index (χ4v) is 4.46. The van der Waals surface area contributed by atoms with Crippen LogP contribution in [0.1, 0.15) is 40.3 Å². The van der Waals surface area contributed by atoms with Crippen LogP contribution in [-0.4, -0.2) is 41.3 Å². The van der Waals surface area contributed by atoms with Crippen molar-refractivity contribution in [2.75, 3.05) is 7.11 Å². The number of benzene rings is 2. The van der Waals surface area contributed by atoms with Crippen LogP contribution in [0.4, 0.5) is 0 Å². The van der Waals surface area contributed by atoms with Crippen molar-refractivity contribution in [3.63, 3.8) is 0 Å². The van der Waals surface area contributed by atoms with E-state index < -0.39 is 12.1 Å². The number of thiazole rings is 1. The van der Waals surface area contributed by atoms with Gasteiger partial charge in [0.2, 0.25) is 0 Å². The first-order valence-electron chi connectivity index (χ1n) is 10.7. The van der Waals surface area contributed by atoms with E-state index in [-0.39, 0.29) is 25.0 Å². The van der Waals surface area contributed by atoms with Gasteiger partial charge in [0.05, 0.1) is 13.2 Å². The minimum atomic E-state index is -1.02. The van der Waals surface area contributed by atoms with Crippen LogP contribution in [0.3, 0.4) is 0 Å². The number of aromatic nitrogens is 1. The number of carbonyl (C=O) groups excluding carboxylic acids is 1. The highest BCUT2D eigenvalue weighted by Crippen LogP contribution is 2.29. The molecule has 1 amide bonds. The quantitative estimate of drug-likeness (QED) is 0.399. The highest BCUT2D eigenvalue weighted by molar-refractivity contribution is 7.15. The Balaban J connectivity index is 1.74. The Morgan fingerprint density at radius 2 is 1.88 bits per heavy atom. The van der Waals surface area contributed by atoms with Gasteiger partial charge in [-0.1, -0.05) is 35.9 Å². The number of carbonyl (C=O) groups is 2. The zero-order chi connectivity index (χ0) is 24.8. The molecular formula is C25H27ClN2O5S. The second kappa shape index (κ2) is 11.5. The zero-order valence-corrected chi connectivity index (χ0v) is 21.0. The summed E-state index contributed by atoms with van der Waals surface area (Å²) in [4.78, 5) is 29.8. The summed E-state index contributed by atoms with van der Waals surface area (Å²) in [6, 6.07) is 12.7. The molecule has 1 unspecified atom stereocenters. The summed E-state index contributed by atoms with van der Waals surface area (Å²) in [6.07, 6.45) is -0.967. The Kier molecular flexibility index (Phi) is 8.66. The molecule has 0 saturated heterocycles. The molecule has 2 N–H and O–H groups in total. The van der Waals surface area contributed by atoms with Crippen molar-refractivity contribution in [2.45, 2.75) is 45.9 Å². The molecule has 0 spiro atoms. The standard InChI is InChI=1S/C25H27ClN2O5S/c1-14(2)33-21(25(30)31)12-16-5-10-20(32-4)18(11-16)13-27-23(29)22-15(3)34-24(28-22)17-6-8-19(26)9-7-17/h5-11,14,21H,12-13H2,1-4H3,(H,27,29)(H,30,31). The zero-order valence-electron chi connectivity index (χ0n) is 19.4. The number of nitrogens with one attached hydrogen (secondary N) is 1. The Labute approximate surface area is 207 Å². The maximum absolute atomic E-state index is 12.9. The van der Waals surface area contributed by atoms with Crippen LogP contribution in [0.5, 0.6) is 5.75 Å². The van der Waals surface area contributed by atoms with Crippen LogP contribution in [0.25, 0.3) is 10.6 Å². The smallest absolute Gasteiger partial charge is 0.333 e. The predicted octanol–water partition coefficient (Wildman–Crippen LogP) is 5.13. The summed E-state index contributed by atoms with van der Waals surface area (Å²) >= 11 is 7.40. The molecule has 0 aliphatic carbocycles. The van der Waals surface area contributed by atoms with E-state index in [1.165, 1.54) is 11.3 Å². The van der Waals surface area contributed by atoms with E-state index in [0.717, 1.165) is 26.6 Å². The van der Waals surface area contributed by atoms with Gasteiger partial charge in [0.1, 0.15) is 16.5 Å². The summed E-state index contributed by atoms with van der Waals surface area (Å²) in [5.41, 5.74) is 2.75. The minimum absolute atomic E-state index is 0.200. The van der Waals surface area contributed by atoms with Gasteiger partial charge in [-0.05, 0) is 44.5 Å². The van der Waals surface area contributed by atoms with Crippen molar-refractivity contribution in [3.8, 4) is 16.3 Å². The molecule has 34 heavy (non-hydrogen) atoms. The molecule has 3 rings (SSSR count). The SMILES string of the molecule is COc1ccc(CC(OC(C)C)C(=O)O)cc1CNC(=O)c1nc(-c2ccc(Cl)cc2)sc1C. The number of ether oxygens (including phenoxy) is 2. The number of hydrogen-bond acceptors (Lipinski definition) is 6. The molecule has 0 fully saturated rings. The second-order valence-corrected chi connectivity index (χ2v) is 9.62. The van der Waals surface area contributed by atoms with Crippen molar-refractivity contribution in [3.05, 3.63) is 69.2 Å². The molecule has 9 heteroatoms. The highest BCUT2D eigenvalue weighted by atomic mass is 35.5. The van der Waals surface area contributed by atoms with Gasteiger partial charge >= 0.3 is 5.97 Å². The van der Waals surface area contributed by atoms with Crippen molar-refractivity contribution in [1.29, 1.82) is 0 Å². The van der Waals surface area contributed by atoms with Crippen molar-refractivity contribution < 1.29 is 24.2 Å². The third-order valence-electron chi connectivity index (χ3n) is 5.02. The number of halogens is 1. The van der Waals surface area contributed by atoms with Crippen molar-refractivity contribution in [2.24, 2.45) is 0 Å². The number of methoxy groups -OCH3 is 1. The van der Waals surface area contributed by atoms with E-state index in [1.807, 2.05) is 25.1 Å². The van der Waals surface area contributed by atoms with E-state index in [1.54, 1.807) is 45.2 Å². The number of nitrogens with zero attached hydrogens (tertiary/aromatic N) is 1. The average molecular weight is 503 g/mol. The fourth-order valence-electron chi connectivity index (χ4n) is 3.42. The maximum atomic E-state index is 12.9. The van der Waals surface area contributed by atoms with E-state index in [9.17, 15) is 14.7 Å². The predicted molar refractivity (Wildman–Crippen MR) is 133 cm³/mol. The van der Waals surface area contributed by atoms with Gasteiger partial charge in [0.25, 0.3) is 5.91 Å². The summed E-state index contributed by atoms with van der Waals surface area (Å²) in [5, 5.41) is 13.7. The minimum Gasteiger partial charge on any atom is -0.496 e. The third kappa shape index (κ3) is 6.56. The molecule has 2 aromatic carbocycles. The Morgan fingerprint density at radius 1 is 1.18 bits per heavy atom. The lowest BCUT2D eigenvalue weighted by Crippen LogP contribution is -2.29. The molecule has 180 valence electrons. The van der Waals surface area contributed by atoms with Gasteiger partial charge in [-0.25, -0.2) is 9.78 Å². The van der Waals surface area contributed by atoms with E-state index >= 15 is 0 Å². The second-order valence-electron chi connectivity index (χ2n) is 7.98. The van der Waals surface area contributed by atoms with Crippen LogP contribution in [0.15, 0.2) is 42.5 Å². The number of amides is 1. The van der Waals surface area contributed by atoms with Gasteiger partial charge in [-0.15, -0.1) is 11.3 Å². The van der Waals surface area contributed by atoms with Crippen LogP contribution in [-0.2, 0) is 22.5 Å². The van der Waals surface area contributed by atoms with E-state index in [0.29, 0.717) is 16.5 Å². The molecule has 7 nitrogen and oxygen atoms in total. The Bertz CT molecular complexity index is 1160. The van der Waals surface area contributed by atoms with Crippen molar-refractivity contribution >= 4 is 34.8 Å². The lowest BCUT2D eigenvalue weighted by atomic mass is 10.0. The summed E-state index contributed by atoms with van der Waals surface area (Å²) < 4.78 is 10.9. The lowest BCUT2D eigenvalue weighted by molar-refractivity contribution is -0.153. The number of carboxylic acids is 1. The molecule has 1 heterocycles. The van der Waals surface area contributed by atoms with Crippen LogP contribution >= 0.6 is 22.9 Å². The summed E-state index contributed by atoms with van der Waals surface area (Å²) in [6.45, 7) is 5.65. The first kappa shape index (κ1) is 25.7. The number of aliphatic carboxylic acids is 1. The third-order valence-corrected chi connectivity index (χ3v) is 6.29. The molecule has 0 saturated carbocycles. The summed E-state index contributed by atoms with van der Waals surface area (Å²) in [5.74, 6) is -0.722. The van der Waals surface area contributed by atoms with Crippen LogP contribution in [0, 0.1) is 6.92 Å². The average Bonchev–Trinajstić information content (AvgIpc) is 3.19. The first-order valence-corrected chi connectivity index (χ1v) is 11.9. The molecule has 3 aromatic rings. The Hall–Kier alpha value is -2.94. The van der Waals surface area contributed by atoms with Gasteiger partial charge < -0.3 is 19.9 Å². The summed E-state index contributed by atoms with van der Waals surface area (Å²) in [7, 11) is 1.55. The molecule has 0 bridgehead atoms. The normalized spacial score (nSPS) is 11.9. The molecule has 0 aliphatic heterocycles. The number of hydrogen-bond donors (Lipinski definition) is 2.